The van der Waals surface area contributed by atoms with Gasteiger partial charge in [-0.05, 0) is 23.1 Å². The maximum atomic E-state index is 12.4. The van der Waals surface area contributed by atoms with Gasteiger partial charge in [-0.15, -0.1) is 0 Å². The second kappa shape index (κ2) is 6.77. The SMILES string of the molecule is CS(=O)(=O)C1CCN(C(=O)Cc2ccc(-c3ccccc3)cc2)C1. The number of benzene rings is 2. The van der Waals surface area contributed by atoms with Crippen LogP contribution in [-0.2, 0) is 21.1 Å². The zero-order chi connectivity index (χ0) is 17.2. The van der Waals surface area contributed by atoms with Crippen LogP contribution in [0.1, 0.15) is 12.0 Å². The predicted octanol–water partition coefficient (Wildman–Crippen LogP) is 2.54. The summed E-state index contributed by atoms with van der Waals surface area (Å²) < 4.78 is 23.2. The van der Waals surface area contributed by atoms with Gasteiger partial charge >= 0.3 is 0 Å². The lowest BCUT2D eigenvalue weighted by molar-refractivity contribution is -0.129. The molecule has 0 saturated carbocycles. The van der Waals surface area contributed by atoms with Gasteiger partial charge in [0.05, 0.1) is 11.7 Å². The Balaban J connectivity index is 1.63. The summed E-state index contributed by atoms with van der Waals surface area (Å²) in [6, 6.07) is 18.0. The van der Waals surface area contributed by atoms with Crippen LogP contribution < -0.4 is 0 Å². The molecule has 0 N–H and O–H groups in total. The van der Waals surface area contributed by atoms with Crippen LogP contribution in [0.3, 0.4) is 0 Å². The highest BCUT2D eigenvalue weighted by Gasteiger charge is 2.32. The van der Waals surface area contributed by atoms with Crippen molar-refractivity contribution in [1.82, 2.24) is 4.90 Å². The monoisotopic (exact) mass is 343 g/mol. The summed E-state index contributed by atoms with van der Waals surface area (Å²) in [6.45, 7) is 0.846. The van der Waals surface area contributed by atoms with E-state index in [4.69, 9.17) is 0 Å². The Morgan fingerprint density at radius 2 is 1.67 bits per heavy atom. The first-order valence-corrected chi connectivity index (χ1v) is 10.00. The van der Waals surface area contributed by atoms with Gasteiger partial charge < -0.3 is 4.90 Å². The molecule has 5 heteroatoms. The minimum Gasteiger partial charge on any atom is -0.341 e. The van der Waals surface area contributed by atoms with Crippen LogP contribution in [0, 0.1) is 0 Å². The zero-order valence-electron chi connectivity index (χ0n) is 13.7. The van der Waals surface area contributed by atoms with E-state index in [-0.39, 0.29) is 5.91 Å². The van der Waals surface area contributed by atoms with Crippen molar-refractivity contribution < 1.29 is 13.2 Å². The molecule has 4 nitrogen and oxygen atoms in total. The number of likely N-dealkylation sites (tertiary alicyclic amines) is 1. The zero-order valence-corrected chi connectivity index (χ0v) is 14.5. The largest absolute Gasteiger partial charge is 0.341 e. The first-order valence-electron chi connectivity index (χ1n) is 8.04. The van der Waals surface area contributed by atoms with Gasteiger partial charge in [0.15, 0.2) is 9.84 Å². The maximum absolute atomic E-state index is 12.4. The van der Waals surface area contributed by atoms with E-state index in [2.05, 4.69) is 12.1 Å². The average molecular weight is 343 g/mol. The number of sulfone groups is 1. The molecule has 2 aromatic carbocycles. The second-order valence-electron chi connectivity index (χ2n) is 6.32. The summed E-state index contributed by atoms with van der Waals surface area (Å²) in [7, 11) is -3.07. The summed E-state index contributed by atoms with van der Waals surface area (Å²) in [4.78, 5) is 14.0. The molecule has 24 heavy (non-hydrogen) atoms. The van der Waals surface area contributed by atoms with Crippen LogP contribution in [-0.4, -0.2) is 43.8 Å². The molecule has 0 aliphatic carbocycles. The van der Waals surface area contributed by atoms with Crippen LogP contribution in [0.2, 0.25) is 0 Å². The molecule has 1 fully saturated rings. The molecule has 3 rings (SSSR count). The molecule has 126 valence electrons. The van der Waals surface area contributed by atoms with Gasteiger partial charge in [-0.2, -0.15) is 0 Å². The van der Waals surface area contributed by atoms with Gasteiger partial charge in [-0.3, -0.25) is 4.79 Å². The Kier molecular flexibility index (Phi) is 4.71. The quantitative estimate of drug-likeness (QED) is 0.857. The van der Waals surface area contributed by atoms with E-state index in [9.17, 15) is 13.2 Å². The van der Waals surface area contributed by atoms with Gasteiger partial charge in [-0.25, -0.2) is 8.42 Å². The molecule has 0 aromatic heterocycles. The van der Waals surface area contributed by atoms with E-state index in [0.29, 0.717) is 25.9 Å². The smallest absolute Gasteiger partial charge is 0.227 e. The Bertz CT molecular complexity index is 813. The average Bonchev–Trinajstić information content (AvgIpc) is 3.07. The molecule has 1 unspecified atom stereocenters. The fraction of sp³-hybridized carbons (Fsp3) is 0.316. The molecule has 1 heterocycles. The fourth-order valence-corrected chi connectivity index (χ4v) is 4.02. The molecule has 1 amide bonds. The predicted molar refractivity (Wildman–Crippen MR) is 95.4 cm³/mol. The number of hydrogen-bond acceptors (Lipinski definition) is 3. The molecule has 0 radical (unpaired) electrons. The lowest BCUT2D eigenvalue weighted by Gasteiger charge is -2.16. The van der Waals surface area contributed by atoms with E-state index < -0.39 is 15.1 Å². The van der Waals surface area contributed by atoms with Gasteiger partial charge in [0.2, 0.25) is 5.91 Å². The number of carbonyl (C=O) groups is 1. The summed E-state index contributed by atoms with van der Waals surface area (Å²) in [5.41, 5.74) is 3.21. The minimum atomic E-state index is -3.07. The van der Waals surface area contributed by atoms with Crippen LogP contribution in [0.25, 0.3) is 11.1 Å². The third kappa shape index (κ3) is 3.85. The molecule has 2 aromatic rings. The highest BCUT2D eigenvalue weighted by atomic mass is 32.2. The molecule has 1 aliphatic heterocycles. The highest BCUT2D eigenvalue weighted by molar-refractivity contribution is 7.91. The van der Waals surface area contributed by atoms with Crippen molar-refractivity contribution in [2.75, 3.05) is 19.3 Å². The van der Waals surface area contributed by atoms with Crippen LogP contribution in [0.5, 0.6) is 0 Å². The summed E-state index contributed by atoms with van der Waals surface area (Å²) in [6.07, 6.45) is 2.09. The topological polar surface area (TPSA) is 54.5 Å². The van der Waals surface area contributed by atoms with E-state index in [1.54, 1.807) is 4.90 Å². The summed E-state index contributed by atoms with van der Waals surface area (Å²) in [5.74, 6) is -0.00592. The Labute approximate surface area is 143 Å². The standard InChI is InChI=1S/C19H21NO3S/c1-24(22,23)18-11-12-20(14-18)19(21)13-15-7-9-17(10-8-15)16-5-3-2-4-6-16/h2-10,18H,11-14H2,1H3. The lowest BCUT2D eigenvalue weighted by atomic mass is 10.0. The van der Waals surface area contributed by atoms with Gasteiger partial charge in [-0.1, -0.05) is 54.6 Å². The van der Waals surface area contributed by atoms with Crippen molar-refractivity contribution >= 4 is 15.7 Å². The second-order valence-corrected chi connectivity index (χ2v) is 8.65. The van der Waals surface area contributed by atoms with Crippen molar-refractivity contribution in [3.8, 4) is 11.1 Å². The fourth-order valence-electron chi connectivity index (χ4n) is 3.04. The summed E-state index contributed by atoms with van der Waals surface area (Å²) in [5, 5.41) is -0.415. The van der Waals surface area contributed by atoms with Crippen LogP contribution in [0.15, 0.2) is 54.6 Å². The molecule has 1 saturated heterocycles. The number of nitrogens with zero attached hydrogens (tertiary/aromatic N) is 1. The number of rotatable bonds is 4. The third-order valence-electron chi connectivity index (χ3n) is 4.52. The molecule has 0 bridgehead atoms. The highest BCUT2D eigenvalue weighted by Crippen LogP contribution is 2.21. The maximum Gasteiger partial charge on any atom is 0.227 e. The Morgan fingerprint density at radius 1 is 1.04 bits per heavy atom. The molecule has 0 spiro atoms. The Hall–Kier alpha value is -2.14. The Morgan fingerprint density at radius 3 is 2.25 bits per heavy atom. The van der Waals surface area contributed by atoms with E-state index in [1.165, 1.54) is 6.26 Å². The lowest BCUT2D eigenvalue weighted by Crippen LogP contribution is -2.32. The van der Waals surface area contributed by atoms with Gasteiger partial charge in [0.25, 0.3) is 0 Å². The van der Waals surface area contributed by atoms with Crippen molar-refractivity contribution in [1.29, 1.82) is 0 Å². The van der Waals surface area contributed by atoms with Crippen molar-refractivity contribution in [2.24, 2.45) is 0 Å². The van der Waals surface area contributed by atoms with Gasteiger partial charge in [0, 0.05) is 19.3 Å². The van der Waals surface area contributed by atoms with Crippen molar-refractivity contribution in [3.05, 3.63) is 60.2 Å². The molecule has 1 atom stereocenters. The van der Waals surface area contributed by atoms with E-state index >= 15 is 0 Å². The number of carbonyl (C=O) groups excluding carboxylic acids is 1. The first-order chi connectivity index (χ1) is 11.4. The molecular formula is C19H21NO3S. The minimum absolute atomic E-state index is 0.00592. The van der Waals surface area contributed by atoms with Crippen LogP contribution >= 0.6 is 0 Å². The summed E-state index contributed by atoms with van der Waals surface area (Å²) >= 11 is 0. The van der Waals surface area contributed by atoms with Crippen molar-refractivity contribution in [3.63, 3.8) is 0 Å². The van der Waals surface area contributed by atoms with E-state index in [0.717, 1.165) is 16.7 Å². The van der Waals surface area contributed by atoms with Crippen molar-refractivity contribution in [2.45, 2.75) is 18.1 Å². The number of hydrogen-bond donors (Lipinski definition) is 0. The third-order valence-corrected chi connectivity index (χ3v) is 6.12. The molecular weight excluding hydrogens is 322 g/mol. The molecule has 1 aliphatic rings. The first kappa shape index (κ1) is 16.7. The number of amides is 1. The normalized spacial score (nSPS) is 17.9. The van der Waals surface area contributed by atoms with Gasteiger partial charge in [0.1, 0.15) is 0 Å². The van der Waals surface area contributed by atoms with Crippen LogP contribution in [0.4, 0.5) is 0 Å². The van der Waals surface area contributed by atoms with E-state index in [1.807, 2.05) is 42.5 Å².